The number of phenolic OH excluding ortho intramolecular Hbond substituents is 1. The molecule has 0 aliphatic carbocycles. The van der Waals surface area contributed by atoms with Crippen LogP contribution in [0.5, 0.6) is 5.75 Å². The summed E-state index contributed by atoms with van der Waals surface area (Å²) >= 11 is 4.06. The van der Waals surface area contributed by atoms with Crippen LogP contribution in [0, 0.1) is 0 Å². The molecule has 0 bridgehead atoms. The minimum Gasteiger partial charge on any atom is -0.506 e. The second-order valence-electron chi connectivity index (χ2n) is 16.1. The number of rotatable bonds is 25. The molecule has 0 spiro atoms. The number of aromatic nitrogens is 2. The number of fused-ring (bicyclic) bond motifs is 2. The number of carbonyl (C=O) groups excluding carboxylic acids is 7. The zero-order chi connectivity index (χ0) is 49.7. The number of para-hydroxylation sites is 2. The third-order valence-electron chi connectivity index (χ3n) is 11.0. The first-order chi connectivity index (χ1) is 32.3. The average molecular weight is 978 g/mol. The Morgan fingerprint density at radius 1 is 0.647 bits per heavy atom. The molecule has 17 N–H and O–H groups in total. The van der Waals surface area contributed by atoms with Crippen LogP contribution in [0.1, 0.15) is 42.4 Å². The van der Waals surface area contributed by atoms with Crippen molar-refractivity contribution in [2.24, 2.45) is 22.9 Å². The lowest BCUT2D eigenvalue weighted by molar-refractivity contribution is -0.135. The van der Waals surface area contributed by atoms with Crippen LogP contribution in [-0.2, 0) is 62.9 Å². The van der Waals surface area contributed by atoms with E-state index in [1.54, 1.807) is 36.7 Å². The Morgan fingerprint density at radius 2 is 1.12 bits per heavy atom. The Morgan fingerprint density at radius 3 is 1.60 bits per heavy atom. The van der Waals surface area contributed by atoms with Crippen molar-refractivity contribution in [1.29, 1.82) is 0 Å². The molecule has 24 heteroatoms. The molecule has 6 atom stereocenters. The Kier molecular flexibility index (Phi) is 18.1. The molecule has 0 aliphatic rings. The highest BCUT2D eigenvalue weighted by atomic mass is 32.2. The molecular weight excluding hydrogens is 923 g/mol. The van der Waals surface area contributed by atoms with E-state index in [0.29, 0.717) is 22.9 Å². The number of aromatic hydroxyl groups is 1. The number of unbranched alkanes of at least 4 members (excludes halogenated alkanes) is 1. The lowest BCUT2D eigenvalue weighted by atomic mass is 10.00. The van der Waals surface area contributed by atoms with Crippen LogP contribution < -0.4 is 49.5 Å². The van der Waals surface area contributed by atoms with Gasteiger partial charge in [0.25, 0.3) is 10.1 Å². The van der Waals surface area contributed by atoms with Crippen LogP contribution in [0.15, 0.2) is 84.0 Å². The van der Waals surface area contributed by atoms with Gasteiger partial charge in [-0.1, -0.05) is 42.5 Å². The number of benzene rings is 3. The van der Waals surface area contributed by atoms with Crippen molar-refractivity contribution in [3.63, 3.8) is 0 Å². The van der Waals surface area contributed by atoms with Crippen LogP contribution in [0.25, 0.3) is 21.8 Å². The SMILES string of the molecule is NCCCC[C@H](NC(=O)[C@H](Cc1c[nH]c2ccccc12)NC(=O)[C@H](Cc1c[nH]c2ccccc12)NC(=O)[C@@H](N)CC(N)=O)C(=O)N[C@@H](Cc1ccc(O)c(S(=O)(=O)O)c1)C(=O)N[C@@H](CS)C(N)=O. The van der Waals surface area contributed by atoms with Gasteiger partial charge in [-0.05, 0) is 66.8 Å². The fourth-order valence-corrected chi connectivity index (χ4v) is 8.35. The largest absolute Gasteiger partial charge is 0.506 e. The summed E-state index contributed by atoms with van der Waals surface area (Å²) in [5.41, 5.74) is 25.2. The highest BCUT2D eigenvalue weighted by molar-refractivity contribution is 7.86. The van der Waals surface area contributed by atoms with E-state index in [4.69, 9.17) is 22.9 Å². The van der Waals surface area contributed by atoms with Gasteiger partial charge in [-0.3, -0.25) is 38.1 Å². The van der Waals surface area contributed by atoms with Gasteiger partial charge in [-0.25, -0.2) is 0 Å². The van der Waals surface area contributed by atoms with Gasteiger partial charge >= 0.3 is 0 Å². The molecule has 7 amide bonds. The van der Waals surface area contributed by atoms with Crippen molar-refractivity contribution in [3.05, 3.63) is 95.8 Å². The van der Waals surface area contributed by atoms with Gasteiger partial charge in [0.05, 0.1) is 12.5 Å². The highest BCUT2D eigenvalue weighted by Gasteiger charge is 2.34. The lowest BCUT2D eigenvalue weighted by Crippen LogP contribution is -2.60. The summed E-state index contributed by atoms with van der Waals surface area (Å²) in [4.78, 5) is 99.6. The van der Waals surface area contributed by atoms with Crippen molar-refractivity contribution in [2.75, 3.05) is 12.3 Å². The number of aromatic amines is 2. The maximum Gasteiger partial charge on any atom is 0.298 e. The lowest BCUT2D eigenvalue weighted by Gasteiger charge is -2.27. The van der Waals surface area contributed by atoms with Gasteiger partial charge in [0.15, 0.2) is 0 Å². The topological polar surface area (TPSA) is 390 Å². The van der Waals surface area contributed by atoms with Crippen molar-refractivity contribution in [3.8, 4) is 5.75 Å². The summed E-state index contributed by atoms with van der Waals surface area (Å²) in [6, 6.07) is 8.98. The number of carbonyl (C=O) groups is 7. The smallest absolute Gasteiger partial charge is 0.298 e. The van der Waals surface area contributed by atoms with E-state index in [9.17, 15) is 51.6 Å². The second-order valence-corrected chi connectivity index (χ2v) is 17.8. The number of phenols is 1. The van der Waals surface area contributed by atoms with Crippen molar-refractivity contribution < 1.29 is 51.6 Å². The van der Waals surface area contributed by atoms with Gasteiger partial charge in [0.2, 0.25) is 41.4 Å². The molecule has 0 saturated heterocycles. The number of thiol groups is 1. The summed E-state index contributed by atoms with van der Waals surface area (Å²) in [6.07, 6.45) is 2.74. The molecule has 2 aromatic heterocycles. The third-order valence-corrected chi connectivity index (χ3v) is 12.3. The number of nitrogens with one attached hydrogen (secondary N) is 7. The summed E-state index contributed by atoms with van der Waals surface area (Å²) in [7, 11) is -4.94. The van der Waals surface area contributed by atoms with Crippen molar-refractivity contribution in [1.82, 2.24) is 36.6 Å². The van der Waals surface area contributed by atoms with Gasteiger partial charge in [0.1, 0.15) is 40.9 Å². The number of H-pyrrole nitrogens is 2. The standard InChI is InChI=1S/C44H55N11O11S2/c45-14-6-5-11-31(41(60)53-32(42(61)55-35(22-67)39(48)58)15-23-12-13-36(56)37(16-23)68(64,65)66)51-43(62)34(18-25-21-50-30-10-4-2-8-27(25)30)54-44(63)33(52-40(59)28(46)19-38(47)57)17-24-20-49-29-9-3-1-7-26(24)29/h1-4,7-10,12-13,16,20-21,28,31-35,49-50,56,67H,5-6,11,14-15,17-19,22,45-46H2,(H2,47,57)(H2,48,58)(H,51,62)(H,52,59)(H,53,60)(H,54,63)(H,55,61)(H,64,65,66)/t28-,31-,32-,33-,34-,35-/m0/s1. The van der Waals surface area contributed by atoms with Crippen LogP contribution in [0.2, 0.25) is 0 Å². The number of amides is 7. The molecule has 68 heavy (non-hydrogen) atoms. The van der Waals surface area contributed by atoms with E-state index in [1.165, 1.54) is 6.07 Å². The Labute approximate surface area is 395 Å². The number of hydrogen-bond donors (Lipinski definition) is 14. The fraction of sp³-hybridized carbons (Fsp3) is 0.341. The fourth-order valence-electron chi connectivity index (χ4n) is 7.44. The van der Waals surface area contributed by atoms with Crippen LogP contribution in [-0.4, -0.2) is 118 Å². The first-order valence-corrected chi connectivity index (χ1v) is 23.4. The zero-order valence-corrected chi connectivity index (χ0v) is 38.3. The molecule has 5 aromatic rings. The second kappa shape index (κ2) is 23.6. The van der Waals surface area contributed by atoms with Gasteiger partial charge in [0, 0.05) is 59.2 Å². The van der Waals surface area contributed by atoms with Crippen LogP contribution in [0.4, 0.5) is 0 Å². The molecule has 364 valence electrons. The molecule has 0 radical (unpaired) electrons. The van der Waals surface area contributed by atoms with E-state index >= 15 is 0 Å². The Balaban J connectivity index is 1.49. The molecule has 0 saturated carbocycles. The average Bonchev–Trinajstić information content (AvgIpc) is 3.90. The summed E-state index contributed by atoms with van der Waals surface area (Å²) in [6.45, 7) is 0.217. The first kappa shape index (κ1) is 52.0. The molecular formula is C44H55N11O11S2. The number of hydrogen-bond acceptors (Lipinski definition) is 13. The van der Waals surface area contributed by atoms with E-state index in [2.05, 4.69) is 49.2 Å². The summed E-state index contributed by atoms with van der Waals surface area (Å²) in [5, 5.41) is 24.6. The molecule has 3 aromatic carbocycles. The van der Waals surface area contributed by atoms with E-state index in [-0.39, 0.29) is 43.5 Å². The van der Waals surface area contributed by atoms with Crippen molar-refractivity contribution >= 4 is 85.9 Å². The van der Waals surface area contributed by atoms with Gasteiger partial charge in [-0.2, -0.15) is 21.0 Å². The predicted molar refractivity (Wildman–Crippen MR) is 253 cm³/mol. The van der Waals surface area contributed by atoms with Crippen LogP contribution >= 0.6 is 12.6 Å². The molecule has 2 heterocycles. The Hall–Kier alpha value is -6.99. The predicted octanol–water partition coefficient (Wildman–Crippen LogP) is -1.20. The van der Waals surface area contributed by atoms with Gasteiger partial charge < -0.3 is 64.6 Å². The Bertz CT molecular complexity index is 2760. The molecule has 0 unspecified atom stereocenters. The monoisotopic (exact) mass is 977 g/mol. The minimum atomic E-state index is -4.94. The zero-order valence-electron chi connectivity index (χ0n) is 36.6. The van der Waals surface area contributed by atoms with E-state index in [0.717, 1.165) is 28.6 Å². The summed E-state index contributed by atoms with van der Waals surface area (Å²) < 4.78 is 33.7. The van der Waals surface area contributed by atoms with Crippen LogP contribution in [0.3, 0.4) is 0 Å². The third kappa shape index (κ3) is 14.0. The minimum absolute atomic E-state index is 0.0347. The molecule has 22 nitrogen and oxygen atoms in total. The maximum absolute atomic E-state index is 14.6. The highest BCUT2D eigenvalue weighted by Crippen LogP contribution is 2.25. The van der Waals surface area contributed by atoms with Gasteiger partial charge in [-0.15, -0.1) is 0 Å². The number of primary amides is 2. The molecule has 0 fully saturated rings. The van der Waals surface area contributed by atoms with E-state index < -0.39 is 111 Å². The molecule has 0 aliphatic heterocycles. The quantitative estimate of drug-likeness (QED) is 0.0186. The number of nitrogens with two attached hydrogens (primary N) is 4. The van der Waals surface area contributed by atoms with Crippen molar-refractivity contribution in [2.45, 2.75) is 86.1 Å². The summed E-state index contributed by atoms with van der Waals surface area (Å²) in [5.74, 6) is -7.27. The normalized spacial score (nSPS) is 14.2. The van der Waals surface area contributed by atoms with E-state index in [1.807, 2.05) is 24.3 Å². The first-order valence-electron chi connectivity index (χ1n) is 21.3. The molecule has 5 rings (SSSR count). The maximum atomic E-state index is 14.6.